The minimum absolute atomic E-state index is 0.0877. The predicted molar refractivity (Wildman–Crippen MR) is 44.3 cm³/mol. The molecule has 0 saturated heterocycles. The number of nitrogens with two attached hydrogens (primary N) is 1. The van der Waals surface area contributed by atoms with Crippen molar-refractivity contribution in [2.75, 3.05) is 6.16 Å². The van der Waals surface area contributed by atoms with E-state index >= 15 is 0 Å². The second-order valence-corrected chi connectivity index (χ2v) is 7.79. The fourth-order valence-electron chi connectivity index (χ4n) is 0.305. The molecule has 0 amide bonds. The van der Waals surface area contributed by atoms with Crippen LogP contribution in [0.3, 0.4) is 0 Å². The Morgan fingerprint density at radius 3 is 2.57 bits per heavy atom. The van der Waals surface area contributed by atoms with Crippen molar-refractivity contribution in [2.24, 2.45) is 5.50 Å². The van der Waals surface area contributed by atoms with Gasteiger partial charge in [0.2, 0.25) is 0 Å². The van der Waals surface area contributed by atoms with Crippen molar-refractivity contribution in [3.63, 3.8) is 0 Å². The van der Waals surface area contributed by atoms with Gasteiger partial charge in [-0.25, -0.2) is 0 Å². The summed E-state index contributed by atoms with van der Waals surface area (Å²) in [6, 6.07) is 0. The van der Waals surface area contributed by atoms with E-state index in [0.717, 1.165) is 7.96 Å². The Labute approximate surface area is 50.4 Å². The molecule has 3 atom stereocenters. The van der Waals surface area contributed by atoms with E-state index < -0.39 is 0 Å². The van der Waals surface area contributed by atoms with Crippen molar-refractivity contribution in [3.8, 4) is 0 Å². The fraction of sp³-hybridized carbons (Fsp3) is 1.00. The third-order valence-electron chi connectivity index (χ3n) is 0.630. The summed E-state index contributed by atoms with van der Waals surface area (Å²) >= 11 is 0. The monoisotopic (exact) mass is 155 g/mol. The molecule has 0 aromatic carbocycles. The standard InChI is InChI=1S/C3H12NP3/c1-2-3-7(4)6-5/h6H,2-5H2,1H3. The van der Waals surface area contributed by atoms with Gasteiger partial charge in [0.25, 0.3) is 0 Å². The zero-order valence-corrected chi connectivity index (χ0v) is 7.57. The summed E-state index contributed by atoms with van der Waals surface area (Å²) in [6.45, 7) is 2.17. The molecule has 0 rings (SSSR count). The van der Waals surface area contributed by atoms with Gasteiger partial charge in [0, 0.05) is 0 Å². The first kappa shape index (κ1) is 8.25. The van der Waals surface area contributed by atoms with E-state index in [-0.39, 0.29) is 7.76 Å². The van der Waals surface area contributed by atoms with E-state index in [4.69, 9.17) is 5.50 Å². The van der Waals surface area contributed by atoms with Gasteiger partial charge in [0.1, 0.15) is 0 Å². The lowest BCUT2D eigenvalue weighted by atomic mass is 10.6. The molecule has 0 heterocycles. The molecule has 0 aliphatic rings. The average Bonchev–Trinajstić information content (AvgIpc) is 1.68. The molecule has 1 nitrogen and oxygen atoms in total. The first-order valence-electron chi connectivity index (χ1n) is 2.29. The van der Waals surface area contributed by atoms with E-state index in [2.05, 4.69) is 15.9 Å². The maximum Gasteiger partial charge on any atom is -0.0152 e. The van der Waals surface area contributed by atoms with Crippen LogP contribution in [0.25, 0.3) is 0 Å². The third-order valence-corrected chi connectivity index (χ3v) is 6.54. The second-order valence-electron chi connectivity index (χ2n) is 1.32. The molecule has 2 N–H and O–H groups in total. The van der Waals surface area contributed by atoms with Crippen LogP contribution in [-0.2, 0) is 0 Å². The molecule has 0 aromatic heterocycles. The van der Waals surface area contributed by atoms with Crippen LogP contribution in [0.1, 0.15) is 13.3 Å². The molecule has 4 heteroatoms. The molecule has 7 heavy (non-hydrogen) atoms. The minimum Gasteiger partial charge on any atom is -0.306 e. The van der Waals surface area contributed by atoms with Crippen LogP contribution in [-0.4, -0.2) is 6.16 Å². The van der Waals surface area contributed by atoms with Crippen LogP contribution < -0.4 is 5.50 Å². The van der Waals surface area contributed by atoms with E-state index in [9.17, 15) is 0 Å². The molecule has 0 aliphatic carbocycles. The summed E-state index contributed by atoms with van der Waals surface area (Å²) in [4.78, 5) is 0. The van der Waals surface area contributed by atoms with E-state index in [1.165, 1.54) is 12.6 Å². The van der Waals surface area contributed by atoms with Gasteiger partial charge in [0.15, 0.2) is 0 Å². The van der Waals surface area contributed by atoms with E-state index in [0.29, 0.717) is 0 Å². The Balaban J connectivity index is 2.83. The van der Waals surface area contributed by atoms with Gasteiger partial charge in [0.05, 0.1) is 0 Å². The van der Waals surface area contributed by atoms with Crippen LogP contribution in [0.15, 0.2) is 0 Å². The number of hydrogen-bond acceptors (Lipinski definition) is 1. The number of hydrogen-bond donors (Lipinski definition) is 1. The highest BCUT2D eigenvalue weighted by atomic mass is 32.4. The quantitative estimate of drug-likeness (QED) is 0.620. The summed E-state index contributed by atoms with van der Waals surface area (Å²) in [5.74, 6) is 0. The van der Waals surface area contributed by atoms with Crippen LogP contribution in [0.4, 0.5) is 0 Å². The van der Waals surface area contributed by atoms with E-state index in [1.807, 2.05) is 0 Å². The van der Waals surface area contributed by atoms with Gasteiger partial charge < -0.3 is 5.50 Å². The summed E-state index contributed by atoms with van der Waals surface area (Å²) in [5.41, 5.74) is 5.64. The highest BCUT2D eigenvalue weighted by molar-refractivity contribution is 8.44. The summed E-state index contributed by atoms with van der Waals surface area (Å²) in [7, 11) is 3.51. The smallest absolute Gasteiger partial charge is 0.0152 e. The van der Waals surface area contributed by atoms with Crippen molar-refractivity contribution >= 4 is 24.6 Å². The molecule has 0 saturated carbocycles. The Bertz CT molecular complexity index is 41.2. The Hall–Kier alpha value is 1.25. The van der Waals surface area contributed by atoms with Gasteiger partial charge in [-0.05, 0) is 13.9 Å². The Kier molecular flexibility index (Phi) is 6.35. The van der Waals surface area contributed by atoms with E-state index in [1.54, 1.807) is 0 Å². The Morgan fingerprint density at radius 1 is 1.86 bits per heavy atom. The van der Waals surface area contributed by atoms with Crippen LogP contribution in [0.5, 0.6) is 0 Å². The molecule has 0 spiro atoms. The van der Waals surface area contributed by atoms with Gasteiger partial charge >= 0.3 is 0 Å². The van der Waals surface area contributed by atoms with Crippen LogP contribution in [0, 0.1) is 0 Å². The Morgan fingerprint density at radius 2 is 2.43 bits per heavy atom. The molecule has 44 valence electrons. The van der Waals surface area contributed by atoms with Crippen LogP contribution in [0.2, 0.25) is 0 Å². The third kappa shape index (κ3) is 5.12. The molecule has 0 aromatic rings. The first-order chi connectivity index (χ1) is 3.31. The minimum atomic E-state index is -0.0877. The molecule has 0 bridgehead atoms. The lowest BCUT2D eigenvalue weighted by Gasteiger charge is -2.03. The van der Waals surface area contributed by atoms with Crippen molar-refractivity contribution in [1.82, 2.24) is 0 Å². The van der Waals surface area contributed by atoms with Crippen LogP contribution >= 0.6 is 24.6 Å². The van der Waals surface area contributed by atoms with Gasteiger partial charge in [-0.1, -0.05) is 21.3 Å². The molecule has 0 aliphatic heterocycles. The second kappa shape index (κ2) is 5.39. The zero-order chi connectivity index (χ0) is 5.70. The highest BCUT2D eigenvalue weighted by Gasteiger charge is 1.92. The van der Waals surface area contributed by atoms with Crippen molar-refractivity contribution in [1.29, 1.82) is 0 Å². The van der Waals surface area contributed by atoms with Crippen molar-refractivity contribution in [3.05, 3.63) is 0 Å². The summed E-state index contributed by atoms with van der Waals surface area (Å²) < 4.78 is 0. The lowest BCUT2D eigenvalue weighted by molar-refractivity contribution is 1.10. The highest BCUT2D eigenvalue weighted by Crippen LogP contribution is 2.53. The lowest BCUT2D eigenvalue weighted by Crippen LogP contribution is -1.84. The van der Waals surface area contributed by atoms with Crippen molar-refractivity contribution < 1.29 is 0 Å². The normalized spacial score (nSPS) is 15.9. The zero-order valence-electron chi connectivity index (χ0n) is 4.52. The average molecular weight is 155 g/mol. The molecule has 0 radical (unpaired) electrons. The number of rotatable bonds is 3. The van der Waals surface area contributed by atoms with Gasteiger partial charge in [-0.3, -0.25) is 0 Å². The molecular formula is C3H12NP3. The van der Waals surface area contributed by atoms with Gasteiger partial charge in [-0.15, -0.1) is 8.93 Å². The summed E-state index contributed by atoms with van der Waals surface area (Å²) in [5, 5.41) is 0. The molecule has 3 unspecified atom stereocenters. The topological polar surface area (TPSA) is 26.0 Å². The predicted octanol–water partition coefficient (Wildman–Crippen LogP) is 2.14. The van der Waals surface area contributed by atoms with Crippen molar-refractivity contribution in [2.45, 2.75) is 13.3 Å². The fourth-order valence-corrected chi connectivity index (χ4v) is 3.14. The van der Waals surface area contributed by atoms with Gasteiger partial charge in [-0.2, -0.15) is 0 Å². The molecular weight excluding hydrogens is 143 g/mol. The largest absolute Gasteiger partial charge is 0.306 e. The SMILES string of the molecule is CCCP(N)PP. The first-order valence-corrected chi connectivity index (χ1v) is 7.54. The maximum absolute atomic E-state index is 5.64. The summed E-state index contributed by atoms with van der Waals surface area (Å²) in [6.07, 6.45) is 2.47. The molecule has 0 fully saturated rings. The maximum atomic E-state index is 5.64.